The summed E-state index contributed by atoms with van der Waals surface area (Å²) >= 11 is 6.25. The topological polar surface area (TPSA) is 70.2 Å². The second kappa shape index (κ2) is 11.9. The van der Waals surface area contributed by atoms with Gasteiger partial charge in [-0.1, -0.05) is 54.1 Å². The molecule has 0 aliphatic carbocycles. The normalized spacial score (nSPS) is 14.4. The lowest BCUT2D eigenvalue weighted by molar-refractivity contribution is -0.107. The summed E-state index contributed by atoms with van der Waals surface area (Å²) in [5.41, 5.74) is 4.12. The molecule has 7 nitrogen and oxygen atoms in total. The molecule has 0 spiro atoms. The highest BCUT2D eigenvalue weighted by atomic mass is 35.5. The van der Waals surface area contributed by atoms with Crippen molar-refractivity contribution < 1.29 is 17.9 Å². The SMILES string of the molecule is CS(=O)(=O)N(Cc1ccccc1Cl)c1ccc(N(C=O)Cc2ccc(CN3CCOCC3)cc2)cc1. The zero-order valence-electron chi connectivity index (χ0n) is 20.2. The van der Waals surface area contributed by atoms with Crippen LogP contribution in [0.25, 0.3) is 0 Å². The third-order valence-corrected chi connectivity index (χ3v) is 7.66. The molecular formula is C27H30ClN3O4S. The minimum absolute atomic E-state index is 0.117. The van der Waals surface area contributed by atoms with Gasteiger partial charge in [0.25, 0.3) is 0 Å². The number of hydrogen-bond acceptors (Lipinski definition) is 5. The number of ether oxygens (including phenoxy) is 1. The van der Waals surface area contributed by atoms with Gasteiger partial charge in [0, 0.05) is 30.3 Å². The molecule has 1 heterocycles. The van der Waals surface area contributed by atoms with Crippen LogP contribution in [0.3, 0.4) is 0 Å². The van der Waals surface area contributed by atoms with Crippen molar-refractivity contribution in [2.45, 2.75) is 19.6 Å². The van der Waals surface area contributed by atoms with E-state index in [9.17, 15) is 13.2 Å². The fourth-order valence-electron chi connectivity index (χ4n) is 4.15. The number of rotatable bonds is 10. The molecule has 3 aromatic rings. The van der Waals surface area contributed by atoms with Gasteiger partial charge in [-0.25, -0.2) is 8.42 Å². The summed E-state index contributed by atoms with van der Waals surface area (Å²) in [6, 6.07) is 22.3. The number of benzene rings is 3. The Balaban J connectivity index is 1.45. The van der Waals surface area contributed by atoms with Crippen LogP contribution < -0.4 is 9.21 Å². The maximum atomic E-state index is 12.5. The third-order valence-electron chi connectivity index (χ3n) is 6.15. The zero-order valence-corrected chi connectivity index (χ0v) is 21.8. The minimum Gasteiger partial charge on any atom is -0.379 e. The van der Waals surface area contributed by atoms with Crippen LogP contribution in [0.1, 0.15) is 16.7 Å². The van der Waals surface area contributed by atoms with Crippen molar-refractivity contribution in [1.82, 2.24) is 4.90 Å². The van der Waals surface area contributed by atoms with E-state index in [1.165, 1.54) is 9.87 Å². The lowest BCUT2D eigenvalue weighted by Gasteiger charge is -2.26. The first-order valence-corrected chi connectivity index (χ1v) is 14.0. The van der Waals surface area contributed by atoms with Gasteiger partial charge in [0.2, 0.25) is 16.4 Å². The highest BCUT2D eigenvalue weighted by molar-refractivity contribution is 7.92. The van der Waals surface area contributed by atoms with Crippen molar-refractivity contribution in [2.24, 2.45) is 0 Å². The zero-order chi connectivity index (χ0) is 25.5. The molecule has 0 radical (unpaired) electrons. The molecule has 3 aromatic carbocycles. The van der Waals surface area contributed by atoms with Crippen LogP contribution in [0.15, 0.2) is 72.8 Å². The van der Waals surface area contributed by atoms with E-state index in [1.54, 1.807) is 47.4 Å². The Morgan fingerprint density at radius 2 is 1.50 bits per heavy atom. The molecule has 9 heteroatoms. The molecular weight excluding hydrogens is 498 g/mol. The molecule has 0 aromatic heterocycles. The van der Waals surface area contributed by atoms with Crippen LogP contribution in [0, 0.1) is 0 Å². The molecule has 1 fully saturated rings. The number of carbonyl (C=O) groups excluding carboxylic acids is 1. The van der Waals surface area contributed by atoms with Crippen LogP contribution in [-0.2, 0) is 39.2 Å². The van der Waals surface area contributed by atoms with Crippen LogP contribution in [0.4, 0.5) is 11.4 Å². The molecule has 0 atom stereocenters. The van der Waals surface area contributed by atoms with Crippen molar-refractivity contribution in [3.63, 3.8) is 0 Å². The van der Waals surface area contributed by atoms with E-state index in [1.807, 2.05) is 18.2 Å². The van der Waals surface area contributed by atoms with Crippen LogP contribution in [0.5, 0.6) is 0 Å². The smallest absolute Gasteiger partial charge is 0.232 e. The van der Waals surface area contributed by atoms with Gasteiger partial charge in [-0.2, -0.15) is 0 Å². The molecule has 0 unspecified atom stereocenters. The summed E-state index contributed by atoms with van der Waals surface area (Å²) in [6.07, 6.45) is 1.95. The first-order valence-electron chi connectivity index (χ1n) is 11.7. The van der Waals surface area contributed by atoms with Crippen molar-refractivity contribution in [3.8, 4) is 0 Å². The fraction of sp³-hybridized carbons (Fsp3) is 0.296. The fourth-order valence-corrected chi connectivity index (χ4v) is 5.22. The predicted octanol–water partition coefficient (Wildman–Crippen LogP) is 4.30. The number of hydrogen-bond donors (Lipinski definition) is 0. The second-order valence-corrected chi connectivity index (χ2v) is 11.1. The van der Waals surface area contributed by atoms with Crippen LogP contribution >= 0.6 is 11.6 Å². The molecule has 190 valence electrons. The Hall–Kier alpha value is -2.91. The summed E-state index contributed by atoms with van der Waals surface area (Å²) in [4.78, 5) is 15.8. The largest absolute Gasteiger partial charge is 0.379 e. The maximum Gasteiger partial charge on any atom is 0.232 e. The molecule has 4 rings (SSSR count). The van der Waals surface area contributed by atoms with Gasteiger partial charge in [-0.15, -0.1) is 0 Å². The van der Waals surface area contributed by atoms with Gasteiger partial charge in [-0.05, 0) is 47.0 Å². The number of carbonyl (C=O) groups is 1. The quantitative estimate of drug-likeness (QED) is 0.368. The third kappa shape index (κ3) is 6.85. The van der Waals surface area contributed by atoms with Crippen molar-refractivity contribution in [2.75, 3.05) is 41.8 Å². The number of morpholine rings is 1. The van der Waals surface area contributed by atoms with Crippen molar-refractivity contribution in [1.29, 1.82) is 0 Å². The van der Waals surface area contributed by atoms with E-state index >= 15 is 0 Å². The van der Waals surface area contributed by atoms with Gasteiger partial charge in [-0.3, -0.25) is 14.0 Å². The summed E-state index contributed by atoms with van der Waals surface area (Å²) in [5, 5.41) is 0.505. The average Bonchev–Trinajstić information content (AvgIpc) is 2.88. The Morgan fingerprint density at radius 1 is 0.889 bits per heavy atom. The van der Waals surface area contributed by atoms with Gasteiger partial charge in [0.1, 0.15) is 0 Å². The van der Waals surface area contributed by atoms with Gasteiger partial charge in [0.05, 0.1) is 38.2 Å². The lowest BCUT2D eigenvalue weighted by atomic mass is 10.1. The van der Waals surface area contributed by atoms with Crippen LogP contribution in [-0.4, -0.2) is 52.3 Å². The number of nitrogens with zero attached hydrogens (tertiary/aromatic N) is 3. The highest BCUT2D eigenvalue weighted by Gasteiger charge is 2.19. The highest BCUT2D eigenvalue weighted by Crippen LogP contribution is 2.27. The standard InChI is InChI=1S/C27H30ClN3O4S/c1-36(33,34)31(20-24-4-2-3-5-27(24)28)26-12-10-25(11-13-26)30(21-32)19-23-8-6-22(7-9-23)18-29-14-16-35-17-15-29/h2-13,21H,14-20H2,1H3. The number of anilines is 2. The maximum absolute atomic E-state index is 12.5. The summed E-state index contributed by atoms with van der Waals surface area (Å²) in [7, 11) is -3.55. The number of sulfonamides is 1. The van der Waals surface area contributed by atoms with E-state index in [-0.39, 0.29) is 6.54 Å². The van der Waals surface area contributed by atoms with Gasteiger partial charge in [0.15, 0.2) is 0 Å². The minimum atomic E-state index is -3.55. The van der Waals surface area contributed by atoms with Crippen molar-refractivity contribution in [3.05, 3.63) is 94.5 Å². The molecule has 0 N–H and O–H groups in total. The number of halogens is 1. The molecule has 1 saturated heterocycles. The Bertz CT molecular complexity index is 1260. The van der Waals surface area contributed by atoms with E-state index in [4.69, 9.17) is 16.3 Å². The van der Waals surface area contributed by atoms with E-state index in [0.29, 0.717) is 28.5 Å². The predicted molar refractivity (Wildman–Crippen MR) is 144 cm³/mol. The van der Waals surface area contributed by atoms with E-state index in [2.05, 4.69) is 17.0 Å². The molecule has 36 heavy (non-hydrogen) atoms. The Labute approximate surface area is 217 Å². The molecule has 1 aliphatic heterocycles. The molecule has 0 saturated carbocycles. The Morgan fingerprint density at radius 3 is 2.11 bits per heavy atom. The van der Waals surface area contributed by atoms with Gasteiger partial charge < -0.3 is 9.64 Å². The van der Waals surface area contributed by atoms with Crippen LogP contribution in [0.2, 0.25) is 5.02 Å². The summed E-state index contributed by atoms with van der Waals surface area (Å²) < 4.78 is 31.8. The molecule has 1 amide bonds. The average molecular weight is 528 g/mol. The lowest BCUT2D eigenvalue weighted by Crippen LogP contribution is -2.35. The molecule has 0 bridgehead atoms. The first kappa shape index (κ1) is 26.2. The first-order chi connectivity index (χ1) is 17.3. The summed E-state index contributed by atoms with van der Waals surface area (Å²) in [6.45, 7) is 4.83. The molecule has 1 aliphatic rings. The summed E-state index contributed by atoms with van der Waals surface area (Å²) in [5.74, 6) is 0. The van der Waals surface area contributed by atoms with Gasteiger partial charge >= 0.3 is 0 Å². The monoisotopic (exact) mass is 527 g/mol. The Kier molecular flexibility index (Phi) is 8.64. The second-order valence-electron chi connectivity index (χ2n) is 8.82. The van der Waals surface area contributed by atoms with E-state index < -0.39 is 10.0 Å². The number of amides is 1. The van der Waals surface area contributed by atoms with E-state index in [0.717, 1.165) is 51.1 Å². The van der Waals surface area contributed by atoms with Crippen molar-refractivity contribution >= 4 is 39.4 Å².